The van der Waals surface area contributed by atoms with E-state index in [1.54, 1.807) is 13.8 Å². The molecule has 0 spiro atoms. The number of thiocarbonyl (C=S) groups is 1. The fraction of sp³-hybridized carbons (Fsp3) is 0.400. The average Bonchev–Trinajstić information content (AvgIpc) is 1.75. The largest absolute Gasteiger partial charge is 2.00 e. The molecule has 0 rings (SSSR count). The first-order valence-corrected chi connectivity index (χ1v) is 2.99. The van der Waals surface area contributed by atoms with Crippen LogP contribution in [-0.4, -0.2) is 4.32 Å². The third-order valence-corrected chi connectivity index (χ3v) is 0. The molecule has 0 radical (unpaired) electrons. The van der Waals surface area contributed by atoms with Gasteiger partial charge < -0.3 is 19.6 Å². The molecule has 0 unspecified atom stereocenters. The molecule has 0 bridgehead atoms. The fourth-order valence-corrected chi connectivity index (χ4v) is 0. The summed E-state index contributed by atoms with van der Waals surface area (Å²) in [5.74, 6) is 0. The molecule has 60 valence electrons. The van der Waals surface area contributed by atoms with Gasteiger partial charge >= 0.3 is 16.5 Å². The normalized spacial score (nSPS) is 4.11. The molecular formula is C5H13NNiS2. The van der Waals surface area contributed by atoms with Gasteiger partial charge in [-0.15, -0.1) is 12.6 Å². The number of rotatable bonds is 0. The predicted octanol–water partition coefficient (Wildman–Crippen LogP) is 1.84. The van der Waals surface area contributed by atoms with Gasteiger partial charge in [-0.05, 0) is 0 Å². The van der Waals surface area contributed by atoms with E-state index < -0.39 is 0 Å². The maximum absolute atomic E-state index is 4.71. The molecule has 0 atom stereocenters. The van der Waals surface area contributed by atoms with Crippen LogP contribution in [0.1, 0.15) is 13.8 Å². The Morgan fingerprint density at radius 1 is 1.33 bits per heavy atom. The van der Waals surface area contributed by atoms with Crippen molar-refractivity contribution in [2.45, 2.75) is 13.8 Å². The molecule has 0 aromatic carbocycles. The molecule has 0 aliphatic carbocycles. The van der Waals surface area contributed by atoms with Gasteiger partial charge in [0.05, 0.1) is 0 Å². The van der Waals surface area contributed by atoms with E-state index in [-0.39, 0.29) is 20.8 Å². The van der Waals surface area contributed by atoms with Crippen LogP contribution in [0.4, 0.5) is 0 Å². The quantitative estimate of drug-likeness (QED) is 0.276. The minimum Gasteiger partial charge on any atom is -0.385 e. The van der Waals surface area contributed by atoms with Crippen LogP contribution in [0.2, 0.25) is 0 Å². The first-order valence-electron chi connectivity index (χ1n) is 2.13. The molecule has 0 fully saturated rings. The van der Waals surface area contributed by atoms with Crippen molar-refractivity contribution in [1.82, 2.24) is 0 Å². The van der Waals surface area contributed by atoms with Gasteiger partial charge in [-0.1, -0.05) is 12.2 Å². The van der Waals surface area contributed by atoms with Gasteiger partial charge in [0.1, 0.15) is 4.32 Å². The van der Waals surface area contributed by atoms with Gasteiger partial charge in [-0.2, -0.15) is 13.8 Å². The van der Waals surface area contributed by atoms with Crippen molar-refractivity contribution in [2.24, 2.45) is 5.73 Å². The monoisotopic (exact) mass is 209 g/mol. The van der Waals surface area contributed by atoms with Crippen molar-refractivity contribution in [2.75, 3.05) is 0 Å². The molecule has 0 saturated heterocycles. The van der Waals surface area contributed by atoms with Crippen molar-refractivity contribution < 1.29 is 16.5 Å². The number of thiol groups is 1. The van der Waals surface area contributed by atoms with Crippen molar-refractivity contribution in [3.05, 3.63) is 13.8 Å². The Kier molecular flexibility index (Phi) is 94.0. The van der Waals surface area contributed by atoms with E-state index in [9.17, 15) is 0 Å². The van der Waals surface area contributed by atoms with Crippen molar-refractivity contribution in [3.8, 4) is 0 Å². The van der Waals surface area contributed by atoms with Gasteiger partial charge in [-0.25, -0.2) is 0 Å². The van der Waals surface area contributed by atoms with Gasteiger partial charge in [0.15, 0.2) is 0 Å². The molecule has 0 aromatic rings. The smallest absolute Gasteiger partial charge is 0.385 e. The summed E-state index contributed by atoms with van der Waals surface area (Å²) < 4.78 is 0.194. The van der Waals surface area contributed by atoms with E-state index in [4.69, 9.17) is 5.73 Å². The summed E-state index contributed by atoms with van der Waals surface area (Å²) >= 11 is 7.65. The molecule has 1 nitrogen and oxygen atoms in total. The molecule has 0 aromatic heterocycles. The van der Waals surface area contributed by atoms with E-state index in [0.29, 0.717) is 0 Å². The number of hydrogen-bond donors (Lipinski definition) is 2. The summed E-state index contributed by atoms with van der Waals surface area (Å²) in [5, 5.41) is 0. The third-order valence-electron chi connectivity index (χ3n) is 0. The molecule has 0 saturated carbocycles. The summed E-state index contributed by atoms with van der Waals surface area (Å²) in [5.41, 5.74) is 4.71. The van der Waals surface area contributed by atoms with E-state index in [0.717, 1.165) is 0 Å². The van der Waals surface area contributed by atoms with Crippen LogP contribution >= 0.6 is 24.8 Å². The summed E-state index contributed by atoms with van der Waals surface area (Å²) in [7, 11) is 0. The topological polar surface area (TPSA) is 26.0 Å². The second kappa shape index (κ2) is 37.5. The molecule has 0 aliphatic heterocycles. The van der Waals surface area contributed by atoms with E-state index in [1.165, 1.54) is 0 Å². The molecule has 0 amide bonds. The van der Waals surface area contributed by atoms with Crippen LogP contribution in [0.3, 0.4) is 0 Å². The Morgan fingerprint density at radius 3 is 1.33 bits per heavy atom. The summed E-state index contributed by atoms with van der Waals surface area (Å²) in [6, 6.07) is 0. The van der Waals surface area contributed by atoms with Gasteiger partial charge in [0, 0.05) is 0 Å². The average molecular weight is 210 g/mol. The first-order chi connectivity index (χ1) is 3.73. The minimum atomic E-state index is 0. The third kappa shape index (κ3) is 736. The number of hydrogen-bond acceptors (Lipinski definition) is 1. The van der Waals surface area contributed by atoms with Crippen molar-refractivity contribution >= 4 is 29.2 Å². The zero-order valence-corrected chi connectivity index (χ0v) is 8.36. The van der Waals surface area contributed by atoms with Crippen molar-refractivity contribution in [3.63, 3.8) is 0 Å². The number of nitrogens with two attached hydrogens (primary N) is 1. The predicted molar refractivity (Wildman–Crippen MR) is 47.8 cm³/mol. The second-order valence-corrected chi connectivity index (χ2v) is 1.56. The van der Waals surface area contributed by atoms with Crippen LogP contribution in [0.5, 0.6) is 0 Å². The Labute approximate surface area is 79.1 Å². The van der Waals surface area contributed by atoms with Gasteiger partial charge in [0.25, 0.3) is 0 Å². The van der Waals surface area contributed by atoms with E-state index >= 15 is 0 Å². The van der Waals surface area contributed by atoms with E-state index in [1.807, 2.05) is 0 Å². The summed E-state index contributed by atoms with van der Waals surface area (Å²) in [6.45, 7) is 10.0. The standard InChI is InChI=1S/2C2H5.CH3NS2.Ni/c2*1-2;2-1(3)4;/h2*1H2,2H3;(H3,2,3,4);/q2*-1;;+2. The SMILES string of the molecule is NC(=S)S.[CH2-]C.[CH2-]C.[Ni+2]. The first kappa shape index (κ1) is 22.6. The molecule has 4 heteroatoms. The van der Waals surface area contributed by atoms with Crippen molar-refractivity contribution in [1.29, 1.82) is 0 Å². The van der Waals surface area contributed by atoms with Crippen LogP contribution < -0.4 is 5.73 Å². The molecule has 0 aliphatic rings. The Balaban J connectivity index is -0.0000000221. The second-order valence-electron chi connectivity index (χ2n) is 0.338. The molecule has 9 heavy (non-hydrogen) atoms. The summed E-state index contributed by atoms with van der Waals surface area (Å²) in [4.78, 5) is 0. The van der Waals surface area contributed by atoms with Crippen LogP contribution in [-0.2, 0) is 16.5 Å². The molecule has 0 heterocycles. The fourth-order valence-electron chi connectivity index (χ4n) is 0. The van der Waals surface area contributed by atoms with E-state index in [2.05, 4.69) is 38.7 Å². The Bertz CT molecular complexity index is 37.9. The summed E-state index contributed by atoms with van der Waals surface area (Å²) in [6.07, 6.45) is 0. The van der Waals surface area contributed by atoms with Crippen LogP contribution in [0.15, 0.2) is 0 Å². The maximum atomic E-state index is 4.71. The minimum absolute atomic E-state index is 0. The zero-order valence-electron chi connectivity index (χ0n) is 5.66. The van der Waals surface area contributed by atoms with Gasteiger partial charge in [0.2, 0.25) is 0 Å². The Hall–Kier alpha value is 0.734. The zero-order chi connectivity index (χ0) is 7.58. The maximum Gasteiger partial charge on any atom is 2.00 e. The van der Waals surface area contributed by atoms with Crippen LogP contribution in [0.25, 0.3) is 0 Å². The Morgan fingerprint density at radius 2 is 1.33 bits per heavy atom. The van der Waals surface area contributed by atoms with Crippen LogP contribution in [0, 0.1) is 13.8 Å². The molecular weight excluding hydrogens is 197 g/mol. The molecule has 2 N–H and O–H groups in total. The van der Waals surface area contributed by atoms with Gasteiger partial charge in [-0.3, -0.25) is 0 Å².